The van der Waals surface area contributed by atoms with Gasteiger partial charge in [-0.15, -0.1) is 11.8 Å². The fraction of sp³-hybridized carbons (Fsp3) is 0.263. The number of hydrogen-bond acceptors (Lipinski definition) is 6. The highest BCUT2D eigenvalue weighted by molar-refractivity contribution is 7.98. The van der Waals surface area contributed by atoms with Crippen molar-refractivity contribution >= 4 is 49.1 Å². The second kappa shape index (κ2) is 8.60. The summed E-state index contributed by atoms with van der Waals surface area (Å²) in [5.41, 5.74) is 1.32. The minimum Gasteiger partial charge on any atom is -0.383 e. The molecule has 3 aromatic rings. The van der Waals surface area contributed by atoms with Gasteiger partial charge in [0.05, 0.1) is 21.7 Å². The smallest absolute Gasteiger partial charge is 0.279 e. The number of rotatable bonds is 6. The molecule has 1 amide bonds. The summed E-state index contributed by atoms with van der Waals surface area (Å²) < 4.78 is 31.5. The first kappa shape index (κ1) is 20.8. The third-order valence-corrected chi connectivity index (χ3v) is 7.03. The number of thiazole rings is 1. The second-order valence-corrected chi connectivity index (χ2v) is 9.98. The molecule has 6 nitrogen and oxygen atoms in total. The topological polar surface area (TPSA) is 77.7 Å². The summed E-state index contributed by atoms with van der Waals surface area (Å²) in [5.74, 6) is -0.339. The van der Waals surface area contributed by atoms with Crippen LogP contribution in [0.15, 0.2) is 57.2 Å². The van der Waals surface area contributed by atoms with E-state index in [-0.39, 0.29) is 10.8 Å². The summed E-state index contributed by atoms with van der Waals surface area (Å²) in [7, 11) is -1.71. The molecule has 2 aromatic carbocycles. The molecule has 0 aliphatic carbocycles. The van der Waals surface area contributed by atoms with Crippen molar-refractivity contribution in [3.05, 3.63) is 52.8 Å². The summed E-state index contributed by atoms with van der Waals surface area (Å²) in [6, 6.07) is 12.2. The van der Waals surface area contributed by atoms with Gasteiger partial charge in [0.15, 0.2) is 14.6 Å². The molecule has 28 heavy (non-hydrogen) atoms. The van der Waals surface area contributed by atoms with E-state index in [0.717, 1.165) is 15.1 Å². The molecule has 0 unspecified atom stereocenters. The molecule has 1 heterocycles. The standard InChI is InChI=1S/C19H20N2O4S3/c1-25-11-10-21-16-9-8-15(28(3,23)24)12-17(16)27-19(21)20-18(22)13-4-6-14(26-2)7-5-13/h4-9,12H,10-11H2,1-3H3. The third-order valence-electron chi connectivity index (χ3n) is 4.14. The van der Waals surface area contributed by atoms with E-state index in [1.807, 2.05) is 23.0 Å². The van der Waals surface area contributed by atoms with Crippen LogP contribution in [0.2, 0.25) is 0 Å². The van der Waals surface area contributed by atoms with Gasteiger partial charge in [0, 0.05) is 30.4 Å². The first-order valence-corrected chi connectivity index (χ1v) is 12.3. The summed E-state index contributed by atoms with van der Waals surface area (Å²) in [6.07, 6.45) is 3.15. The number of benzene rings is 2. The molecule has 0 N–H and O–H groups in total. The number of hydrogen-bond donors (Lipinski definition) is 0. The minimum absolute atomic E-state index is 0.241. The van der Waals surface area contributed by atoms with E-state index >= 15 is 0 Å². The SMILES string of the molecule is COCCn1c(=NC(=O)c2ccc(SC)cc2)sc2cc(S(C)(=O)=O)ccc21. The van der Waals surface area contributed by atoms with E-state index in [0.29, 0.717) is 23.5 Å². The van der Waals surface area contributed by atoms with Gasteiger partial charge in [-0.05, 0) is 48.7 Å². The number of nitrogens with zero attached hydrogens (tertiary/aromatic N) is 2. The Morgan fingerprint density at radius 1 is 1.21 bits per heavy atom. The average Bonchev–Trinajstić information content (AvgIpc) is 3.01. The van der Waals surface area contributed by atoms with Crippen LogP contribution in [0.25, 0.3) is 10.2 Å². The molecule has 0 atom stereocenters. The molecule has 0 aliphatic rings. The quantitative estimate of drug-likeness (QED) is 0.555. The molecule has 3 rings (SSSR count). The summed E-state index contributed by atoms with van der Waals surface area (Å²) in [6.45, 7) is 0.954. The number of fused-ring (bicyclic) bond motifs is 1. The van der Waals surface area contributed by atoms with Crippen LogP contribution in [-0.2, 0) is 21.1 Å². The van der Waals surface area contributed by atoms with Gasteiger partial charge >= 0.3 is 0 Å². The summed E-state index contributed by atoms with van der Waals surface area (Å²) in [5, 5.41) is 0. The van der Waals surface area contributed by atoms with Gasteiger partial charge in [0.2, 0.25) is 0 Å². The van der Waals surface area contributed by atoms with E-state index in [1.165, 1.54) is 17.6 Å². The number of thioether (sulfide) groups is 1. The second-order valence-electron chi connectivity index (χ2n) is 6.08. The minimum atomic E-state index is -3.31. The Hall–Kier alpha value is -1.94. The van der Waals surface area contributed by atoms with E-state index in [4.69, 9.17) is 4.74 Å². The van der Waals surface area contributed by atoms with Crippen LogP contribution in [0.1, 0.15) is 10.4 Å². The first-order chi connectivity index (χ1) is 13.3. The Kier molecular flexibility index (Phi) is 6.39. The highest BCUT2D eigenvalue weighted by Crippen LogP contribution is 2.22. The van der Waals surface area contributed by atoms with Gasteiger partial charge in [-0.2, -0.15) is 4.99 Å². The molecular formula is C19H20N2O4S3. The number of sulfone groups is 1. The van der Waals surface area contributed by atoms with E-state index in [2.05, 4.69) is 4.99 Å². The lowest BCUT2D eigenvalue weighted by molar-refractivity contribution is 0.0997. The monoisotopic (exact) mass is 436 g/mol. The third kappa shape index (κ3) is 4.54. The molecular weight excluding hydrogens is 416 g/mol. The summed E-state index contributed by atoms with van der Waals surface area (Å²) in [4.78, 5) is 18.8. The van der Waals surface area contributed by atoms with Gasteiger partial charge < -0.3 is 9.30 Å². The van der Waals surface area contributed by atoms with Crippen molar-refractivity contribution in [3.63, 3.8) is 0 Å². The van der Waals surface area contributed by atoms with Gasteiger partial charge in [-0.25, -0.2) is 8.42 Å². The Bertz CT molecular complexity index is 1180. The number of amides is 1. The van der Waals surface area contributed by atoms with Crippen molar-refractivity contribution in [1.29, 1.82) is 0 Å². The van der Waals surface area contributed by atoms with Crippen molar-refractivity contribution < 1.29 is 17.9 Å². The zero-order valence-corrected chi connectivity index (χ0v) is 18.2. The Labute approximate surface area is 171 Å². The maximum absolute atomic E-state index is 12.6. The van der Waals surface area contributed by atoms with Crippen molar-refractivity contribution in [2.24, 2.45) is 4.99 Å². The molecule has 0 saturated carbocycles. The lowest BCUT2D eigenvalue weighted by Gasteiger charge is -2.05. The Morgan fingerprint density at radius 2 is 1.93 bits per heavy atom. The maximum Gasteiger partial charge on any atom is 0.279 e. The fourth-order valence-corrected chi connectivity index (χ4v) is 4.88. The molecule has 9 heteroatoms. The lowest BCUT2D eigenvalue weighted by Crippen LogP contribution is -2.19. The van der Waals surface area contributed by atoms with Gasteiger partial charge in [0.25, 0.3) is 5.91 Å². The van der Waals surface area contributed by atoms with Crippen molar-refractivity contribution in [1.82, 2.24) is 4.57 Å². The van der Waals surface area contributed by atoms with Crippen LogP contribution in [0, 0.1) is 0 Å². The van der Waals surface area contributed by atoms with E-state index in [9.17, 15) is 13.2 Å². The Morgan fingerprint density at radius 3 is 2.54 bits per heavy atom. The average molecular weight is 437 g/mol. The lowest BCUT2D eigenvalue weighted by atomic mass is 10.2. The predicted molar refractivity (Wildman–Crippen MR) is 113 cm³/mol. The molecule has 1 aromatic heterocycles. The fourth-order valence-electron chi connectivity index (χ4n) is 2.65. The zero-order chi connectivity index (χ0) is 20.3. The summed E-state index contributed by atoms with van der Waals surface area (Å²) >= 11 is 2.89. The highest BCUT2D eigenvalue weighted by atomic mass is 32.2. The van der Waals surface area contributed by atoms with Crippen LogP contribution in [0.5, 0.6) is 0 Å². The molecule has 148 valence electrons. The number of aromatic nitrogens is 1. The van der Waals surface area contributed by atoms with Gasteiger partial charge in [-0.1, -0.05) is 11.3 Å². The Balaban J connectivity index is 2.11. The molecule has 0 radical (unpaired) electrons. The predicted octanol–water partition coefficient (Wildman–Crippen LogP) is 3.22. The van der Waals surface area contributed by atoms with Crippen LogP contribution in [0.4, 0.5) is 0 Å². The van der Waals surface area contributed by atoms with Gasteiger partial charge in [-0.3, -0.25) is 4.79 Å². The van der Waals surface area contributed by atoms with Crippen LogP contribution < -0.4 is 4.80 Å². The number of carbonyl (C=O) groups excluding carboxylic acids is 1. The van der Waals surface area contributed by atoms with E-state index < -0.39 is 9.84 Å². The first-order valence-electron chi connectivity index (χ1n) is 8.39. The highest BCUT2D eigenvalue weighted by Gasteiger charge is 2.13. The molecule has 0 spiro atoms. The van der Waals surface area contributed by atoms with E-state index in [1.54, 1.807) is 49.2 Å². The largest absolute Gasteiger partial charge is 0.383 e. The van der Waals surface area contributed by atoms with Crippen LogP contribution in [-0.4, -0.2) is 45.1 Å². The molecule has 0 fully saturated rings. The van der Waals surface area contributed by atoms with Crippen LogP contribution >= 0.6 is 23.1 Å². The molecule has 0 bridgehead atoms. The molecule has 0 aliphatic heterocycles. The van der Waals surface area contributed by atoms with Crippen LogP contribution in [0.3, 0.4) is 0 Å². The maximum atomic E-state index is 12.6. The number of methoxy groups -OCH3 is 1. The normalized spacial score (nSPS) is 12.6. The van der Waals surface area contributed by atoms with Crippen molar-refractivity contribution in [2.75, 3.05) is 26.2 Å². The van der Waals surface area contributed by atoms with Gasteiger partial charge in [0.1, 0.15) is 0 Å². The zero-order valence-electron chi connectivity index (χ0n) is 15.7. The number of ether oxygens (including phenoxy) is 1. The molecule has 0 saturated heterocycles. The van der Waals surface area contributed by atoms with Crippen molar-refractivity contribution in [2.45, 2.75) is 16.3 Å². The number of carbonyl (C=O) groups is 1. The van der Waals surface area contributed by atoms with Crippen molar-refractivity contribution in [3.8, 4) is 0 Å².